The molecule has 142 valence electrons. The van der Waals surface area contributed by atoms with Crippen molar-refractivity contribution >= 4 is 34.5 Å². The molecule has 6 nitrogen and oxygen atoms in total. The summed E-state index contributed by atoms with van der Waals surface area (Å²) in [6.07, 6.45) is 5.86. The lowest BCUT2D eigenvalue weighted by atomic mass is 9.90. The van der Waals surface area contributed by atoms with Gasteiger partial charge in [-0.05, 0) is 55.7 Å². The molecule has 0 saturated heterocycles. The van der Waals surface area contributed by atoms with Crippen molar-refractivity contribution < 1.29 is 9.59 Å². The van der Waals surface area contributed by atoms with Gasteiger partial charge in [0.05, 0.1) is 5.69 Å². The zero-order valence-corrected chi connectivity index (χ0v) is 16.3. The fraction of sp³-hybridized carbons (Fsp3) is 0.238. The molecule has 1 aliphatic rings. The minimum Gasteiger partial charge on any atom is -0.326 e. The van der Waals surface area contributed by atoms with Gasteiger partial charge in [-0.1, -0.05) is 0 Å². The number of aromatic nitrogens is 2. The summed E-state index contributed by atoms with van der Waals surface area (Å²) in [4.78, 5) is 33.8. The summed E-state index contributed by atoms with van der Waals surface area (Å²) >= 11 is 1.66. The molecular formula is C21H20N4O2S. The van der Waals surface area contributed by atoms with Crippen LogP contribution in [-0.2, 0) is 22.4 Å². The van der Waals surface area contributed by atoms with Crippen LogP contribution in [0.3, 0.4) is 0 Å². The van der Waals surface area contributed by atoms with Gasteiger partial charge in [0.15, 0.2) is 0 Å². The third-order valence-electron chi connectivity index (χ3n) is 4.71. The standard InChI is InChI=1S/C21H20N4O2S/c1-13(26)23-16-3-5-17(6-4-16)24-20(27)15-2-7-18-19(12-15)28-21(25-18)14-8-10-22-11-9-14/h3-6,8-11,15H,2,7,12H2,1H3,(H,23,26)(H,24,27). The van der Waals surface area contributed by atoms with Gasteiger partial charge in [0, 0.05) is 47.1 Å². The van der Waals surface area contributed by atoms with Crippen LogP contribution < -0.4 is 10.6 Å². The number of carbonyl (C=O) groups is 2. The Kier molecular flexibility index (Phi) is 5.16. The predicted octanol–water partition coefficient (Wildman–Crippen LogP) is 3.91. The molecule has 1 aliphatic carbocycles. The molecule has 28 heavy (non-hydrogen) atoms. The van der Waals surface area contributed by atoms with E-state index in [-0.39, 0.29) is 17.7 Å². The van der Waals surface area contributed by atoms with Crippen molar-refractivity contribution in [3.8, 4) is 10.6 Å². The van der Waals surface area contributed by atoms with E-state index in [9.17, 15) is 9.59 Å². The highest BCUT2D eigenvalue weighted by molar-refractivity contribution is 7.15. The number of amides is 2. The molecule has 4 rings (SSSR count). The predicted molar refractivity (Wildman–Crippen MR) is 110 cm³/mol. The SMILES string of the molecule is CC(=O)Nc1ccc(NC(=O)C2CCc3nc(-c4ccncc4)sc3C2)cc1. The zero-order valence-electron chi connectivity index (χ0n) is 15.4. The highest BCUT2D eigenvalue weighted by Gasteiger charge is 2.27. The molecule has 0 saturated carbocycles. The maximum absolute atomic E-state index is 12.7. The van der Waals surface area contributed by atoms with Crippen LogP contribution in [-0.4, -0.2) is 21.8 Å². The fourth-order valence-electron chi connectivity index (χ4n) is 3.30. The molecule has 0 bridgehead atoms. The summed E-state index contributed by atoms with van der Waals surface area (Å²) < 4.78 is 0. The highest BCUT2D eigenvalue weighted by Crippen LogP contribution is 2.34. The van der Waals surface area contributed by atoms with Crippen LogP contribution in [0, 0.1) is 5.92 Å². The van der Waals surface area contributed by atoms with E-state index < -0.39 is 0 Å². The van der Waals surface area contributed by atoms with E-state index in [0.717, 1.165) is 34.8 Å². The van der Waals surface area contributed by atoms with Gasteiger partial charge in [0.1, 0.15) is 5.01 Å². The quantitative estimate of drug-likeness (QED) is 0.705. The number of hydrogen-bond donors (Lipinski definition) is 2. The number of anilines is 2. The number of hydrogen-bond acceptors (Lipinski definition) is 5. The topological polar surface area (TPSA) is 84.0 Å². The lowest BCUT2D eigenvalue weighted by molar-refractivity contribution is -0.120. The molecule has 2 amide bonds. The van der Waals surface area contributed by atoms with Crippen LogP contribution in [0.1, 0.15) is 23.9 Å². The summed E-state index contributed by atoms with van der Waals surface area (Å²) in [6.45, 7) is 1.46. The largest absolute Gasteiger partial charge is 0.326 e. The van der Waals surface area contributed by atoms with E-state index in [1.54, 1.807) is 48.0 Å². The summed E-state index contributed by atoms with van der Waals surface area (Å²) in [5.41, 5.74) is 3.61. The van der Waals surface area contributed by atoms with Crippen molar-refractivity contribution in [1.82, 2.24) is 9.97 Å². The van der Waals surface area contributed by atoms with Crippen molar-refractivity contribution in [1.29, 1.82) is 0 Å². The van der Waals surface area contributed by atoms with Crippen molar-refractivity contribution in [2.45, 2.75) is 26.2 Å². The second kappa shape index (κ2) is 7.90. The lowest BCUT2D eigenvalue weighted by Gasteiger charge is -2.20. The molecule has 1 aromatic carbocycles. The average molecular weight is 392 g/mol. The van der Waals surface area contributed by atoms with E-state index in [1.807, 2.05) is 12.1 Å². The molecule has 0 fully saturated rings. The van der Waals surface area contributed by atoms with Gasteiger partial charge >= 0.3 is 0 Å². The maximum Gasteiger partial charge on any atom is 0.227 e. The zero-order chi connectivity index (χ0) is 19.5. The number of aryl methyl sites for hydroxylation is 1. The van der Waals surface area contributed by atoms with Gasteiger partial charge in [-0.3, -0.25) is 14.6 Å². The monoisotopic (exact) mass is 392 g/mol. The molecule has 7 heteroatoms. The van der Waals surface area contributed by atoms with Crippen LogP contribution in [0.5, 0.6) is 0 Å². The Morgan fingerprint density at radius 2 is 1.71 bits per heavy atom. The summed E-state index contributed by atoms with van der Waals surface area (Å²) in [5, 5.41) is 6.69. The molecule has 1 atom stereocenters. The Hall–Kier alpha value is -3.06. The first-order valence-corrected chi connectivity index (χ1v) is 9.97. The Balaban J connectivity index is 1.42. The summed E-state index contributed by atoms with van der Waals surface area (Å²) in [5.74, 6) is -0.157. The minimum atomic E-state index is -0.120. The number of carbonyl (C=O) groups excluding carboxylic acids is 2. The maximum atomic E-state index is 12.7. The van der Waals surface area contributed by atoms with Gasteiger partial charge in [-0.2, -0.15) is 0 Å². The van der Waals surface area contributed by atoms with Crippen LogP contribution in [0.4, 0.5) is 11.4 Å². The van der Waals surface area contributed by atoms with Crippen LogP contribution >= 0.6 is 11.3 Å². The average Bonchev–Trinajstić information content (AvgIpc) is 3.13. The molecule has 0 spiro atoms. The summed E-state index contributed by atoms with van der Waals surface area (Å²) in [6, 6.07) is 11.1. The number of thiazole rings is 1. The van der Waals surface area contributed by atoms with Gasteiger partial charge < -0.3 is 10.6 Å². The third kappa shape index (κ3) is 4.09. The van der Waals surface area contributed by atoms with Crippen molar-refractivity contribution in [2.24, 2.45) is 5.92 Å². The molecule has 2 aromatic heterocycles. The first-order chi connectivity index (χ1) is 13.6. The normalized spacial score (nSPS) is 15.5. The first-order valence-electron chi connectivity index (χ1n) is 9.16. The van der Waals surface area contributed by atoms with E-state index in [4.69, 9.17) is 4.98 Å². The Labute approximate surface area is 167 Å². The van der Waals surface area contributed by atoms with Crippen molar-refractivity contribution in [3.05, 3.63) is 59.4 Å². The second-order valence-electron chi connectivity index (χ2n) is 6.81. The smallest absolute Gasteiger partial charge is 0.227 e. The lowest BCUT2D eigenvalue weighted by Crippen LogP contribution is -2.27. The molecule has 2 N–H and O–H groups in total. The van der Waals surface area contributed by atoms with E-state index >= 15 is 0 Å². The van der Waals surface area contributed by atoms with Gasteiger partial charge in [0.2, 0.25) is 11.8 Å². The van der Waals surface area contributed by atoms with Crippen molar-refractivity contribution in [3.63, 3.8) is 0 Å². The van der Waals surface area contributed by atoms with Gasteiger partial charge in [-0.25, -0.2) is 4.98 Å². The number of rotatable bonds is 4. The third-order valence-corrected chi connectivity index (χ3v) is 5.88. The van der Waals surface area contributed by atoms with Crippen LogP contribution in [0.15, 0.2) is 48.8 Å². The van der Waals surface area contributed by atoms with E-state index in [1.165, 1.54) is 11.8 Å². The number of nitrogens with one attached hydrogen (secondary N) is 2. The molecule has 2 heterocycles. The Bertz CT molecular complexity index is 999. The van der Waals surface area contributed by atoms with Crippen LogP contribution in [0.25, 0.3) is 10.6 Å². The van der Waals surface area contributed by atoms with E-state index in [2.05, 4.69) is 15.6 Å². The number of benzene rings is 1. The molecular weight excluding hydrogens is 372 g/mol. The molecule has 3 aromatic rings. The first kappa shape index (κ1) is 18.3. The van der Waals surface area contributed by atoms with Crippen LogP contribution in [0.2, 0.25) is 0 Å². The second-order valence-corrected chi connectivity index (χ2v) is 7.90. The number of pyridine rings is 1. The minimum absolute atomic E-state index is 0.0248. The summed E-state index contributed by atoms with van der Waals surface area (Å²) in [7, 11) is 0. The molecule has 0 radical (unpaired) electrons. The molecule has 0 aliphatic heterocycles. The number of nitrogens with zero attached hydrogens (tertiary/aromatic N) is 2. The highest BCUT2D eigenvalue weighted by atomic mass is 32.1. The number of fused-ring (bicyclic) bond motifs is 1. The fourth-order valence-corrected chi connectivity index (χ4v) is 4.49. The molecule has 1 unspecified atom stereocenters. The van der Waals surface area contributed by atoms with Crippen molar-refractivity contribution in [2.75, 3.05) is 10.6 Å². The van der Waals surface area contributed by atoms with Gasteiger partial charge in [0.25, 0.3) is 0 Å². The van der Waals surface area contributed by atoms with E-state index in [0.29, 0.717) is 12.1 Å². The Morgan fingerprint density at radius 3 is 2.39 bits per heavy atom. The Morgan fingerprint density at radius 1 is 1.04 bits per heavy atom. The van der Waals surface area contributed by atoms with Gasteiger partial charge in [-0.15, -0.1) is 11.3 Å².